The zero-order valence-electron chi connectivity index (χ0n) is 8.41. The van der Waals surface area contributed by atoms with Crippen LogP contribution in [0.5, 0.6) is 0 Å². The number of hydrogen-bond acceptors (Lipinski definition) is 1. The van der Waals surface area contributed by atoms with Crippen molar-refractivity contribution in [2.24, 2.45) is 7.05 Å². The molecule has 0 spiro atoms. The van der Waals surface area contributed by atoms with Crippen LogP contribution in [-0.4, -0.2) is 14.9 Å². The van der Waals surface area contributed by atoms with Crippen LogP contribution >= 0.6 is 11.6 Å². The molecule has 76 valence electrons. The maximum absolute atomic E-state index is 6.00. The molecule has 1 aromatic heterocycles. The van der Waals surface area contributed by atoms with E-state index in [9.17, 15) is 0 Å². The van der Waals surface area contributed by atoms with E-state index in [2.05, 4.69) is 15.6 Å². The second-order valence-corrected chi connectivity index (χ2v) is 4.39. The maximum Gasteiger partial charge on any atom is 0.108 e. The van der Waals surface area contributed by atoms with Crippen LogP contribution < -0.4 is 0 Å². The number of aryl methyl sites for hydroxylation is 2. The number of nitrogens with zero attached hydrogens (tertiary/aromatic N) is 2. The summed E-state index contributed by atoms with van der Waals surface area (Å²) in [5.74, 6) is 1.16. The molecular formula is C11H15ClN2. The van der Waals surface area contributed by atoms with Gasteiger partial charge < -0.3 is 4.57 Å². The van der Waals surface area contributed by atoms with Gasteiger partial charge in [-0.25, -0.2) is 4.98 Å². The van der Waals surface area contributed by atoms with Crippen molar-refractivity contribution in [1.82, 2.24) is 9.55 Å². The van der Waals surface area contributed by atoms with E-state index in [1.807, 2.05) is 19.4 Å². The number of imidazole rings is 1. The SMILES string of the molecule is Cn1ccnc1CCC1=CC(Cl)CC1. The zero-order chi connectivity index (χ0) is 9.97. The average Bonchev–Trinajstić information content (AvgIpc) is 2.72. The number of alkyl halides is 1. The van der Waals surface area contributed by atoms with E-state index in [0.717, 1.165) is 25.1 Å². The number of allylic oxidation sites excluding steroid dienone is 2. The number of rotatable bonds is 3. The van der Waals surface area contributed by atoms with Crippen molar-refractivity contribution in [2.45, 2.75) is 31.1 Å². The van der Waals surface area contributed by atoms with Crippen molar-refractivity contribution < 1.29 is 0 Å². The van der Waals surface area contributed by atoms with Gasteiger partial charge in [-0.3, -0.25) is 0 Å². The molecule has 1 aliphatic rings. The van der Waals surface area contributed by atoms with Crippen LogP contribution in [-0.2, 0) is 13.5 Å². The molecule has 1 unspecified atom stereocenters. The fourth-order valence-corrected chi connectivity index (χ4v) is 2.15. The highest BCUT2D eigenvalue weighted by Gasteiger charge is 2.13. The Morgan fingerprint density at radius 1 is 1.57 bits per heavy atom. The minimum atomic E-state index is 0.270. The predicted octanol–water partition coefficient (Wildman–Crippen LogP) is 2.68. The summed E-state index contributed by atoms with van der Waals surface area (Å²) in [6, 6.07) is 0. The third kappa shape index (κ3) is 2.18. The first kappa shape index (κ1) is 9.78. The first-order valence-electron chi connectivity index (χ1n) is 5.05. The fourth-order valence-electron chi connectivity index (χ4n) is 1.86. The summed E-state index contributed by atoms with van der Waals surface area (Å²) in [6.45, 7) is 0. The summed E-state index contributed by atoms with van der Waals surface area (Å²) in [7, 11) is 2.04. The highest BCUT2D eigenvalue weighted by atomic mass is 35.5. The smallest absolute Gasteiger partial charge is 0.108 e. The second-order valence-electron chi connectivity index (χ2n) is 3.83. The van der Waals surface area contributed by atoms with Crippen LogP contribution in [0, 0.1) is 0 Å². The zero-order valence-corrected chi connectivity index (χ0v) is 9.17. The van der Waals surface area contributed by atoms with Gasteiger partial charge >= 0.3 is 0 Å². The molecule has 0 aliphatic heterocycles. The molecule has 2 nitrogen and oxygen atoms in total. The van der Waals surface area contributed by atoms with Gasteiger partial charge in [0.05, 0.1) is 5.38 Å². The Kier molecular flexibility index (Phi) is 2.92. The molecule has 0 aromatic carbocycles. The lowest BCUT2D eigenvalue weighted by molar-refractivity contribution is 0.753. The number of aromatic nitrogens is 2. The molecule has 1 aliphatic carbocycles. The Hall–Kier alpha value is -0.760. The normalized spacial score (nSPS) is 21.3. The standard InChI is InChI=1S/C11H15ClN2/c1-14-7-6-13-11(14)5-3-9-2-4-10(12)8-9/h6-8,10H,2-5H2,1H3. The van der Waals surface area contributed by atoms with E-state index < -0.39 is 0 Å². The minimum Gasteiger partial charge on any atom is -0.338 e. The van der Waals surface area contributed by atoms with E-state index in [1.165, 1.54) is 12.0 Å². The Morgan fingerprint density at radius 3 is 3.00 bits per heavy atom. The summed E-state index contributed by atoms with van der Waals surface area (Å²) in [4.78, 5) is 4.30. The van der Waals surface area contributed by atoms with Crippen molar-refractivity contribution >= 4 is 11.6 Å². The predicted molar refractivity (Wildman–Crippen MR) is 58.5 cm³/mol. The van der Waals surface area contributed by atoms with Crippen LogP contribution in [0.25, 0.3) is 0 Å². The van der Waals surface area contributed by atoms with Crippen LogP contribution in [0.1, 0.15) is 25.1 Å². The maximum atomic E-state index is 6.00. The van der Waals surface area contributed by atoms with E-state index in [1.54, 1.807) is 0 Å². The lowest BCUT2D eigenvalue weighted by atomic mass is 10.1. The Bertz CT molecular complexity index is 341. The van der Waals surface area contributed by atoms with Gasteiger partial charge in [-0.05, 0) is 19.3 Å². The lowest BCUT2D eigenvalue weighted by Gasteiger charge is -2.02. The van der Waals surface area contributed by atoms with E-state index in [-0.39, 0.29) is 5.38 Å². The van der Waals surface area contributed by atoms with Gasteiger partial charge in [0.15, 0.2) is 0 Å². The Balaban J connectivity index is 1.89. The molecule has 0 saturated heterocycles. The summed E-state index contributed by atoms with van der Waals surface area (Å²) >= 11 is 6.00. The highest BCUT2D eigenvalue weighted by Crippen LogP contribution is 2.25. The Morgan fingerprint density at radius 2 is 2.43 bits per heavy atom. The van der Waals surface area contributed by atoms with Gasteiger partial charge in [-0.2, -0.15) is 0 Å². The molecule has 2 rings (SSSR count). The van der Waals surface area contributed by atoms with Gasteiger partial charge in [0.2, 0.25) is 0 Å². The van der Waals surface area contributed by atoms with E-state index >= 15 is 0 Å². The molecule has 0 radical (unpaired) electrons. The molecule has 1 heterocycles. The lowest BCUT2D eigenvalue weighted by Crippen LogP contribution is -1.97. The topological polar surface area (TPSA) is 17.8 Å². The number of hydrogen-bond donors (Lipinski definition) is 0. The molecular weight excluding hydrogens is 196 g/mol. The van der Waals surface area contributed by atoms with Gasteiger partial charge in [-0.1, -0.05) is 11.6 Å². The molecule has 3 heteroatoms. The molecule has 0 amide bonds. The van der Waals surface area contributed by atoms with Crippen molar-refractivity contribution in [3.05, 3.63) is 29.9 Å². The molecule has 1 atom stereocenters. The summed E-state index contributed by atoms with van der Waals surface area (Å²) in [5.41, 5.74) is 1.49. The summed E-state index contributed by atoms with van der Waals surface area (Å²) in [5, 5.41) is 0.270. The van der Waals surface area contributed by atoms with Gasteiger partial charge in [0, 0.05) is 25.9 Å². The quantitative estimate of drug-likeness (QED) is 0.554. The third-order valence-corrected chi connectivity index (χ3v) is 3.09. The van der Waals surface area contributed by atoms with Crippen LogP contribution in [0.4, 0.5) is 0 Å². The van der Waals surface area contributed by atoms with Crippen LogP contribution in [0.3, 0.4) is 0 Å². The van der Waals surface area contributed by atoms with E-state index in [4.69, 9.17) is 11.6 Å². The molecule has 0 bridgehead atoms. The minimum absolute atomic E-state index is 0.270. The Labute approximate surface area is 89.6 Å². The largest absolute Gasteiger partial charge is 0.338 e. The molecule has 1 aromatic rings. The first-order valence-corrected chi connectivity index (χ1v) is 5.49. The van der Waals surface area contributed by atoms with Crippen molar-refractivity contribution in [1.29, 1.82) is 0 Å². The summed E-state index contributed by atoms with van der Waals surface area (Å²) < 4.78 is 2.08. The fraction of sp³-hybridized carbons (Fsp3) is 0.545. The van der Waals surface area contributed by atoms with Gasteiger partial charge in [0.25, 0.3) is 0 Å². The van der Waals surface area contributed by atoms with Gasteiger partial charge in [-0.15, -0.1) is 11.6 Å². The molecule has 0 N–H and O–H groups in total. The first-order chi connectivity index (χ1) is 6.75. The van der Waals surface area contributed by atoms with Crippen molar-refractivity contribution in [3.63, 3.8) is 0 Å². The van der Waals surface area contributed by atoms with Gasteiger partial charge in [0.1, 0.15) is 5.82 Å². The molecule has 14 heavy (non-hydrogen) atoms. The van der Waals surface area contributed by atoms with Crippen LogP contribution in [0.2, 0.25) is 0 Å². The van der Waals surface area contributed by atoms with Crippen molar-refractivity contribution in [3.8, 4) is 0 Å². The van der Waals surface area contributed by atoms with Crippen molar-refractivity contribution in [2.75, 3.05) is 0 Å². The summed E-state index contributed by atoms with van der Waals surface area (Å²) in [6.07, 6.45) is 10.4. The molecule has 0 fully saturated rings. The average molecular weight is 211 g/mol. The number of halogens is 1. The monoisotopic (exact) mass is 210 g/mol. The van der Waals surface area contributed by atoms with E-state index in [0.29, 0.717) is 0 Å². The molecule has 0 saturated carbocycles. The van der Waals surface area contributed by atoms with Crippen LogP contribution in [0.15, 0.2) is 24.0 Å². The third-order valence-electron chi connectivity index (χ3n) is 2.75. The highest BCUT2D eigenvalue weighted by molar-refractivity contribution is 6.22. The second kappa shape index (κ2) is 4.18.